The minimum Gasteiger partial charge on any atom is -0.494 e. The number of ketones is 1. The van der Waals surface area contributed by atoms with Gasteiger partial charge in [0.05, 0.1) is 7.11 Å². The molecule has 0 aliphatic carbocycles. The molecule has 0 bridgehead atoms. The summed E-state index contributed by atoms with van der Waals surface area (Å²) in [4.78, 5) is 26.1. The lowest BCUT2D eigenvalue weighted by atomic mass is 10.0. The summed E-state index contributed by atoms with van der Waals surface area (Å²) in [5, 5.41) is 3.26. The van der Waals surface area contributed by atoms with E-state index in [0.717, 1.165) is 32.0 Å². The number of rotatable bonds is 6. The first kappa shape index (κ1) is 17.4. The number of amides is 1. The molecule has 0 radical (unpaired) electrons. The lowest BCUT2D eigenvalue weighted by molar-refractivity contribution is -0.132. The number of carbonyl (C=O) groups is 2. The number of benzene rings is 1. The molecule has 1 N–H and O–H groups in total. The van der Waals surface area contributed by atoms with Crippen molar-refractivity contribution in [1.82, 2.24) is 10.2 Å². The summed E-state index contributed by atoms with van der Waals surface area (Å²) < 4.78 is 18.4. The second-order valence-corrected chi connectivity index (χ2v) is 5.76. The summed E-state index contributed by atoms with van der Waals surface area (Å²) in [5.74, 6) is -0.752. The van der Waals surface area contributed by atoms with Gasteiger partial charge in [0.2, 0.25) is 5.91 Å². The monoisotopic (exact) mass is 322 g/mol. The van der Waals surface area contributed by atoms with Gasteiger partial charge in [-0.1, -0.05) is 0 Å². The fourth-order valence-electron chi connectivity index (χ4n) is 2.78. The fraction of sp³-hybridized carbons (Fsp3) is 0.529. The second-order valence-electron chi connectivity index (χ2n) is 5.76. The third kappa shape index (κ3) is 4.51. The predicted octanol–water partition coefficient (Wildman–Crippen LogP) is 2.01. The highest BCUT2D eigenvalue weighted by Crippen LogP contribution is 2.19. The van der Waals surface area contributed by atoms with Crippen molar-refractivity contribution < 1.29 is 18.7 Å². The second kappa shape index (κ2) is 8.06. The molecular formula is C17H23FN2O3. The maximum absolute atomic E-state index is 13.6. The van der Waals surface area contributed by atoms with Crippen LogP contribution in [-0.2, 0) is 4.79 Å². The summed E-state index contributed by atoms with van der Waals surface area (Å²) in [6.07, 6.45) is 2.09. The van der Waals surface area contributed by atoms with Gasteiger partial charge in [-0.25, -0.2) is 4.39 Å². The first-order valence-corrected chi connectivity index (χ1v) is 7.86. The Balaban J connectivity index is 1.88. The third-order valence-corrected chi connectivity index (χ3v) is 4.29. The predicted molar refractivity (Wildman–Crippen MR) is 85.2 cm³/mol. The Hall–Kier alpha value is -1.95. The van der Waals surface area contributed by atoms with Crippen molar-refractivity contribution in [3.05, 3.63) is 29.6 Å². The van der Waals surface area contributed by atoms with E-state index in [1.807, 2.05) is 0 Å². The molecule has 1 amide bonds. The van der Waals surface area contributed by atoms with Crippen LogP contribution in [0, 0.1) is 5.82 Å². The number of hydrogen-bond donors (Lipinski definition) is 1. The molecule has 1 heterocycles. The van der Waals surface area contributed by atoms with Crippen molar-refractivity contribution in [2.24, 2.45) is 0 Å². The normalized spacial score (nSPS) is 15.3. The zero-order valence-corrected chi connectivity index (χ0v) is 13.6. The smallest absolute Gasteiger partial charge is 0.223 e. The zero-order chi connectivity index (χ0) is 16.8. The van der Waals surface area contributed by atoms with E-state index in [4.69, 9.17) is 4.74 Å². The molecule has 6 heteroatoms. The minimum absolute atomic E-state index is 0.0424. The number of halogens is 1. The quantitative estimate of drug-likeness (QED) is 0.814. The molecule has 0 spiro atoms. The maximum atomic E-state index is 13.6. The molecule has 1 saturated heterocycles. The summed E-state index contributed by atoms with van der Waals surface area (Å²) in [6, 6.07) is 4.33. The molecule has 1 aromatic carbocycles. The Morgan fingerprint density at radius 3 is 2.61 bits per heavy atom. The average Bonchev–Trinajstić information content (AvgIpc) is 2.59. The minimum atomic E-state index is -0.573. The van der Waals surface area contributed by atoms with Crippen LogP contribution in [0.15, 0.2) is 18.2 Å². The van der Waals surface area contributed by atoms with E-state index in [-0.39, 0.29) is 41.9 Å². The van der Waals surface area contributed by atoms with Crippen molar-refractivity contribution in [2.45, 2.75) is 31.7 Å². The van der Waals surface area contributed by atoms with Crippen LogP contribution < -0.4 is 10.1 Å². The third-order valence-electron chi connectivity index (χ3n) is 4.29. The Labute approximate surface area is 135 Å². The molecule has 1 fully saturated rings. The molecule has 0 atom stereocenters. The molecule has 1 aromatic rings. The molecule has 1 aliphatic rings. The standard InChI is InChI=1S/C17H23FN2O3/c1-20(13-7-9-19-10-8-13)17(22)6-4-15(21)12-3-5-16(23-2)14(18)11-12/h3,5,11,13,19H,4,6-10H2,1-2H3. The molecule has 1 aliphatic heterocycles. The van der Waals surface area contributed by atoms with Crippen LogP contribution in [0.3, 0.4) is 0 Å². The van der Waals surface area contributed by atoms with E-state index in [2.05, 4.69) is 5.32 Å². The van der Waals surface area contributed by atoms with Gasteiger partial charge in [-0.15, -0.1) is 0 Å². The first-order valence-electron chi connectivity index (χ1n) is 7.86. The van der Waals surface area contributed by atoms with Crippen molar-refractivity contribution in [1.29, 1.82) is 0 Å². The Kier molecular flexibility index (Phi) is 6.10. The number of nitrogens with zero attached hydrogens (tertiary/aromatic N) is 1. The number of carbonyl (C=O) groups excluding carboxylic acids is 2. The highest BCUT2D eigenvalue weighted by molar-refractivity contribution is 5.98. The first-order chi connectivity index (χ1) is 11.0. The summed E-state index contributed by atoms with van der Waals surface area (Å²) in [6.45, 7) is 1.82. The van der Waals surface area contributed by atoms with Crippen LogP contribution in [0.2, 0.25) is 0 Å². The van der Waals surface area contributed by atoms with Gasteiger partial charge in [0.25, 0.3) is 0 Å². The lowest BCUT2D eigenvalue weighted by Gasteiger charge is -2.31. The van der Waals surface area contributed by atoms with Crippen LogP contribution in [0.25, 0.3) is 0 Å². The van der Waals surface area contributed by atoms with E-state index < -0.39 is 5.82 Å². The van der Waals surface area contributed by atoms with E-state index in [1.165, 1.54) is 19.2 Å². The van der Waals surface area contributed by atoms with Crippen LogP contribution in [0.4, 0.5) is 4.39 Å². The Morgan fingerprint density at radius 2 is 2.00 bits per heavy atom. The summed E-state index contributed by atoms with van der Waals surface area (Å²) in [5.41, 5.74) is 0.264. The van der Waals surface area contributed by atoms with Gasteiger partial charge in [-0.3, -0.25) is 9.59 Å². The van der Waals surface area contributed by atoms with Crippen molar-refractivity contribution in [3.8, 4) is 5.75 Å². The van der Waals surface area contributed by atoms with Gasteiger partial charge in [-0.2, -0.15) is 0 Å². The summed E-state index contributed by atoms with van der Waals surface area (Å²) >= 11 is 0. The van der Waals surface area contributed by atoms with Gasteiger partial charge >= 0.3 is 0 Å². The molecule has 5 nitrogen and oxygen atoms in total. The van der Waals surface area contributed by atoms with Gasteiger partial charge < -0.3 is 15.0 Å². The molecule has 0 aromatic heterocycles. The van der Waals surface area contributed by atoms with Gasteiger partial charge in [0.1, 0.15) is 0 Å². The van der Waals surface area contributed by atoms with E-state index in [9.17, 15) is 14.0 Å². The number of piperidine rings is 1. The number of methoxy groups -OCH3 is 1. The van der Waals surface area contributed by atoms with Crippen LogP contribution in [-0.4, -0.2) is 49.9 Å². The van der Waals surface area contributed by atoms with Crippen LogP contribution >= 0.6 is 0 Å². The number of hydrogen-bond acceptors (Lipinski definition) is 4. The fourth-order valence-corrected chi connectivity index (χ4v) is 2.78. The van der Waals surface area contributed by atoms with Gasteiger partial charge in [-0.05, 0) is 44.1 Å². The zero-order valence-electron chi connectivity index (χ0n) is 13.6. The molecule has 0 saturated carbocycles. The van der Waals surface area contributed by atoms with E-state index >= 15 is 0 Å². The topological polar surface area (TPSA) is 58.6 Å². The van der Waals surface area contributed by atoms with Crippen LogP contribution in [0.5, 0.6) is 5.75 Å². The highest BCUT2D eigenvalue weighted by Gasteiger charge is 2.22. The maximum Gasteiger partial charge on any atom is 0.223 e. The van der Waals surface area contributed by atoms with Crippen molar-refractivity contribution in [3.63, 3.8) is 0 Å². The largest absolute Gasteiger partial charge is 0.494 e. The molecule has 126 valence electrons. The summed E-state index contributed by atoms with van der Waals surface area (Å²) in [7, 11) is 3.16. The Bertz CT molecular complexity index is 571. The molecular weight excluding hydrogens is 299 g/mol. The molecule has 23 heavy (non-hydrogen) atoms. The number of nitrogens with one attached hydrogen (secondary N) is 1. The number of Topliss-reactive ketones (excluding diaryl/α,β-unsaturated/α-hetero) is 1. The Morgan fingerprint density at radius 1 is 1.30 bits per heavy atom. The molecule has 2 rings (SSSR count). The number of ether oxygens (including phenoxy) is 1. The van der Waals surface area contributed by atoms with Crippen molar-refractivity contribution in [2.75, 3.05) is 27.2 Å². The van der Waals surface area contributed by atoms with Gasteiger partial charge in [0.15, 0.2) is 17.3 Å². The van der Waals surface area contributed by atoms with Crippen LogP contribution in [0.1, 0.15) is 36.0 Å². The lowest BCUT2D eigenvalue weighted by Crippen LogP contribution is -2.44. The van der Waals surface area contributed by atoms with Gasteiger partial charge in [0, 0.05) is 31.5 Å². The van der Waals surface area contributed by atoms with E-state index in [1.54, 1.807) is 11.9 Å². The highest BCUT2D eigenvalue weighted by atomic mass is 19.1. The molecule has 0 unspecified atom stereocenters. The van der Waals surface area contributed by atoms with Crippen molar-refractivity contribution >= 4 is 11.7 Å². The SMILES string of the molecule is COc1ccc(C(=O)CCC(=O)N(C)C2CCNCC2)cc1F. The van der Waals surface area contributed by atoms with E-state index in [0.29, 0.717) is 0 Å². The average molecular weight is 322 g/mol.